The van der Waals surface area contributed by atoms with Crippen LogP contribution in [0.4, 0.5) is 4.39 Å². The second-order valence-corrected chi connectivity index (χ2v) is 5.16. The molecule has 2 aromatic carbocycles. The zero-order valence-corrected chi connectivity index (χ0v) is 12.1. The number of ether oxygens (including phenoxy) is 1. The van der Waals surface area contributed by atoms with Crippen molar-refractivity contribution in [1.82, 2.24) is 0 Å². The lowest BCUT2D eigenvalue weighted by Gasteiger charge is -2.12. The molecule has 0 saturated carbocycles. The van der Waals surface area contributed by atoms with Gasteiger partial charge in [0.15, 0.2) is 0 Å². The number of hydrogen-bond acceptors (Lipinski definition) is 2. The van der Waals surface area contributed by atoms with E-state index in [4.69, 9.17) is 16.3 Å². The van der Waals surface area contributed by atoms with Crippen LogP contribution < -0.4 is 4.74 Å². The number of halogens is 2. The molecule has 0 aliphatic rings. The van der Waals surface area contributed by atoms with Gasteiger partial charge < -0.3 is 9.84 Å². The van der Waals surface area contributed by atoms with Crippen molar-refractivity contribution in [1.29, 1.82) is 0 Å². The Morgan fingerprint density at radius 3 is 2.60 bits per heavy atom. The van der Waals surface area contributed by atoms with E-state index in [0.29, 0.717) is 16.3 Å². The summed E-state index contributed by atoms with van der Waals surface area (Å²) in [5.41, 5.74) is 2.18. The van der Waals surface area contributed by atoms with E-state index in [-0.39, 0.29) is 12.4 Å². The number of aryl methyl sites for hydroxylation is 1. The monoisotopic (exact) mass is 294 g/mol. The summed E-state index contributed by atoms with van der Waals surface area (Å²) in [5.74, 6) is 0.291. The summed E-state index contributed by atoms with van der Waals surface area (Å²) in [7, 11) is 0. The smallest absolute Gasteiger partial charge is 0.131 e. The average molecular weight is 295 g/mol. The van der Waals surface area contributed by atoms with E-state index in [0.717, 1.165) is 11.1 Å². The lowest BCUT2D eigenvalue weighted by Crippen LogP contribution is -2.00. The highest BCUT2D eigenvalue weighted by atomic mass is 35.5. The Kier molecular flexibility index (Phi) is 4.63. The molecule has 0 aromatic heterocycles. The lowest BCUT2D eigenvalue weighted by molar-refractivity contribution is 0.199. The molecule has 0 saturated heterocycles. The fourth-order valence-corrected chi connectivity index (χ4v) is 2.05. The van der Waals surface area contributed by atoms with E-state index in [1.165, 1.54) is 6.07 Å². The fraction of sp³-hybridized carbons (Fsp3) is 0.250. The molecule has 0 unspecified atom stereocenters. The Bertz CT molecular complexity index is 611. The maximum atomic E-state index is 13.6. The molecule has 4 heteroatoms. The summed E-state index contributed by atoms with van der Waals surface area (Å²) in [6.45, 7) is 3.73. The Labute approximate surface area is 122 Å². The van der Waals surface area contributed by atoms with Crippen LogP contribution in [-0.4, -0.2) is 5.11 Å². The maximum absolute atomic E-state index is 13.6. The van der Waals surface area contributed by atoms with Crippen LogP contribution in [0.5, 0.6) is 5.75 Å². The van der Waals surface area contributed by atoms with E-state index in [1.807, 2.05) is 13.0 Å². The van der Waals surface area contributed by atoms with Crippen molar-refractivity contribution in [3.63, 3.8) is 0 Å². The van der Waals surface area contributed by atoms with E-state index in [2.05, 4.69) is 0 Å². The first-order chi connectivity index (χ1) is 9.47. The van der Waals surface area contributed by atoms with Crippen molar-refractivity contribution in [2.45, 2.75) is 26.6 Å². The minimum absolute atomic E-state index is 0.137. The van der Waals surface area contributed by atoms with Crippen LogP contribution in [-0.2, 0) is 6.61 Å². The largest absolute Gasteiger partial charge is 0.489 e. The van der Waals surface area contributed by atoms with E-state index in [1.54, 1.807) is 31.2 Å². The van der Waals surface area contributed by atoms with Crippen LogP contribution in [0.15, 0.2) is 36.4 Å². The Morgan fingerprint density at radius 2 is 2.00 bits per heavy atom. The molecule has 0 aliphatic carbocycles. The van der Waals surface area contributed by atoms with Gasteiger partial charge in [-0.05, 0) is 49.2 Å². The summed E-state index contributed by atoms with van der Waals surface area (Å²) >= 11 is 5.70. The van der Waals surface area contributed by atoms with Crippen molar-refractivity contribution in [2.24, 2.45) is 0 Å². The molecule has 0 heterocycles. The molecule has 0 radical (unpaired) electrons. The van der Waals surface area contributed by atoms with Gasteiger partial charge in [-0.25, -0.2) is 4.39 Å². The standard InChI is InChI=1S/C16H16ClFO2/c1-10-7-12(11(2)19)4-6-16(10)20-9-13-3-5-14(17)8-15(13)18/h3-8,11,19H,9H2,1-2H3/t11-/m0/s1. The van der Waals surface area contributed by atoms with Crippen molar-refractivity contribution in [2.75, 3.05) is 0 Å². The number of rotatable bonds is 4. The normalized spacial score (nSPS) is 12.2. The predicted molar refractivity (Wildman–Crippen MR) is 77.6 cm³/mol. The number of aliphatic hydroxyl groups is 1. The van der Waals surface area contributed by atoms with Gasteiger partial charge in [0.1, 0.15) is 18.2 Å². The van der Waals surface area contributed by atoms with Crippen LogP contribution in [0.3, 0.4) is 0 Å². The van der Waals surface area contributed by atoms with Crippen LogP contribution in [0.25, 0.3) is 0 Å². The zero-order chi connectivity index (χ0) is 14.7. The summed E-state index contributed by atoms with van der Waals surface area (Å²) in [6, 6.07) is 9.95. The predicted octanol–water partition coefficient (Wildman–Crippen LogP) is 4.42. The van der Waals surface area contributed by atoms with Crippen LogP contribution >= 0.6 is 11.6 Å². The topological polar surface area (TPSA) is 29.5 Å². The molecule has 2 nitrogen and oxygen atoms in total. The summed E-state index contributed by atoms with van der Waals surface area (Å²) < 4.78 is 19.2. The van der Waals surface area contributed by atoms with E-state index >= 15 is 0 Å². The molecule has 0 bridgehead atoms. The first-order valence-electron chi connectivity index (χ1n) is 6.32. The molecule has 0 aliphatic heterocycles. The third-order valence-corrected chi connectivity index (χ3v) is 3.31. The maximum Gasteiger partial charge on any atom is 0.131 e. The Morgan fingerprint density at radius 1 is 1.25 bits per heavy atom. The molecule has 2 aromatic rings. The van der Waals surface area contributed by atoms with Gasteiger partial charge in [0.05, 0.1) is 6.10 Å². The van der Waals surface area contributed by atoms with Crippen LogP contribution in [0.1, 0.15) is 29.7 Å². The van der Waals surface area contributed by atoms with Gasteiger partial charge in [0.25, 0.3) is 0 Å². The first kappa shape index (κ1) is 14.8. The van der Waals surface area contributed by atoms with Crippen molar-refractivity contribution in [3.05, 3.63) is 63.9 Å². The van der Waals surface area contributed by atoms with Crippen LogP contribution in [0.2, 0.25) is 5.02 Å². The van der Waals surface area contributed by atoms with Crippen molar-refractivity contribution in [3.8, 4) is 5.75 Å². The molecule has 2 rings (SSSR count). The Balaban J connectivity index is 2.11. The molecule has 0 amide bonds. The number of benzene rings is 2. The minimum Gasteiger partial charge on any atom is -0.489 e. The highest BCUT2D eigenvalue weighted by Crippen LogP contribution is 2.24. The van der Waals surface area contributed by atoms with Gasteiger partial charge in [-0.1, -0.05) is 23.7 Å². The van der Waals surface area contributed by atoms with Crippen molar-refractivity contribution < 1.29 is 14.2 Å². The highest BCUT2D eigenvalue weighted by Gasteiger charge is 2.07. The summed E-state index contributed by atoms with van der Waals surface area (Å²) in [5, 5.41) is 9.87. The Hall–Kier alpha value is -1.58. The molecule has 0 fully saturated rings. The van der Waals surface area contributed by atoms with Crippen molar-refractivity contribution >= 4 is 11.6 Å². The van der Waals surface area contributed by atoms with E-state index in [9.17, 15) is 9.50 Å². The first-order valence-corrected chi connectivity index (χ1v) is 6.70. The second-order valence-electron chi connectivity index (χ2n) is 4.73. The molecule has 0 spiro atoms. The lowest BCUT2D eigenvalue weighted by atomic mass is 10.1. The molecule has 106 valence electrons. The zero-order valence-electron chi connectivity index (χ0n) is 11.4. The number of hydrogen-bond donors (Lipinski definition) is 1. The molecule has 1 atom stereocenters. The fourth-order valence-electron chi connectivity index (χ4n) is 1.89. The minimum atomic E-state index is -0.517. The van der Waals surface area contributed by atoms with Gasteiger partial charge in [-0.15, -0.1) is 0 Å². The van der Waals surface area contributed by atoms with Gasteiger partial charge in [0, 0.05) is 10.6 Å². The molecule has 20 heavy (non-hydrogen) atoms. The van der Waals surface area contributed by atoms with Gasteiger partial charge >= 0.3 is 0 Å². The van der Waals surface area contributed by atoms with Crippen LogP contribution in [0, 0.1) is 12.7 Å². The molecular weight excluding hydrogens is 279 g/mol. The second kappa shape index (κ2) is 6.25. The molecule has 1 N–H and O–H groups in total. The SMILES string of the molecule is Cc1cc([C@H](C)O)ccc1OCc1ccc(Cl)cc1F. The third kappa shape index (κ3) is 3.50. The average Bonchev–Trinajstić information content (AvgIpc) is 2.38. The third-order valence-electron chi connectivity index (χ3n) is 3.08. The van der Waals surface area contributed by atoms with E-state index < -0.39 is 6.10 Å². The highest BCUT2D eigenvalue weighted by molar-refractivity contribution is 6.30. The van der Waals surface area contributed by atoms with Gasteiger partial charge in [-0.2, -0.15) is 0 Å². The summed E-state index contributed by atoms with van der Waals surface area (Å²) in [4.78, 5) is 0. The number of aliphatic hydroxyl groups excluding tert-OH is 1. The molecular formula is C16H16ClFO2. The van der Waals surface area contributed by atoms with Gasteiger partial charge in [-0.3, -0.25) is 0 Å². The quantitative estimate of drug-likeness (QED) is 0.904. The summed E-state index contributed by atoms with van der Waals surface area (Å²) in [6.07, 6.45) is -0.517. The van der Waals surface area contributed by atoms with Gasteiger partial charge in [0.2, 0.25) is 0 Å².